The summed E-state index contributed by atoms with van der Waals surface area (Å²) in [7, 11) is 0. The summed E-state index contributed by atoms with van der Waals surface area (Å²) in [5.74, 6) is 0.529. The molecule has 2 fully saturated rings. The molecule has 2 N–H and O–H groups in total. The van der Waals surface area contributed by atoms with Crippen molar-refractivity contribution < 1.29 is 19.1 Å². The molecular formula is C35H43ClN4O4. The highest BCUT2D eigenvalue weighted by Crippen LogP contribution is 2.32. The Kier molecular flexibility index (Phi) is 11.7. The Morgan fingerprint density at radius 3 is 2.59 bits per heavy atom. The number of likely N-dealkylation sites (N-methyl/N-ethyl adjacent to an activating group) is 1. The smallest absolute Gasteiger partial charge is 0.247 e. The molecule has 0 bridgehead atoms. The first-order valence-corrected chi connectivity index (χ1v) is 16.1. The van der Waals surface area contributed by atoms with E-state index < -0.39 is 6.04 Å². The minimum Gasteiger partial charge on any atom is -0.494 e. The van der Waals surface area contributed by atoms with Gasteiger partial charge in [-0.05, 0) is 79.4 Å². The van der Waals surface area contributed by atoms with Crippen molar-refractivity contribution in [1.82, 2.24) is 15.5 Å². The van der Waals surface area contributed by atoms with E-state index in [0.29, 0.717) is 49.4 Å². The predicted molar refractivity (Wildman–Crippen MR) is 174 cm³/mol. The molecular weight excluding hydrogens is 576 g/mol. The van der Waals surface area contributed by atoms with Gasteiger partial charge in [-0.2, -0.15) is 0 Å². The molecule has 1 saturated carbocycles. The second-order valence-corrected chi connectivity index (χ2v) is 11.8. The average Bonchev–Trinajstić information content (AvgIpc) is 3.89. The summed E-state index contributed by atoms with van der Waals surface area (Å²) >= 11 is 6.62. The number of carbonyl (C=O) groups is 2. The number of ether oxygens (including phenoxy) is 2. The van der Waals surface area contributed by atoms with E-state index in [1.807, 2.05) is 71.6 Å². The van der Waals surface area contributed by atoms with E-state index in [1.54, 1.807) is 4.90 Å². The molecule has 9 heteroatoms. The van der Waals surface area contributed by atoms with Crippen molar-refractivity contribution in [2.75, 3.05) is 44.3 Å². The molecule has 0 radical (unpaired) electrons. The summed E-state index contributed by atoms with van der Waals surface area (Å²) in [5, 5.41) is 7.16. The normalized spacial score (nSPS) is 16.6. The first kappa shape index (κ1) is 32.0. The third-order valence-electron chi connectivity index (χ3n) is 7.97. The highest BCUT2D eigenvalue weighted by molar-refractivity contribution is 6.31. The molecule has 1 heterocycles. The van der Waals surface area contributed by atoms with Crippen LogP contribution in [0.25, 0.3) is 0 Å². The Labute approximate surface area is 265 Å². The largest absolute Gasteiger partial charge is 0.494 e. The number of nitrogens with zero attached hydrogens (tertiary/aromatic N) is 2. The van der Waals surface area contributed by atoms with Crippen molar-refractivity contribution in [1.29, 1.82) is 0 Å². The predicted octanol–water partition coefficient (Wildman–Crippen LogP) is 4.97. The van der Waals surface area contributed by atoms with Crippen LogP contribution in [0.15, 0.2) is 72.8 Å². The van der Waals surface area contributed by atoms with E-state index in [0.717, 1.165) is 49.9 Å². The number of rotatable bonds is 16. The molecule has 3 aromatic rings. The number of benzene rings is 3. The summed E-state index contributed by atoms with van der Waals surface area (Å²) in [5.41, 5.74) is 3.96. The Morgan fingerprint density at radius 1 is 1.05 bits per heavy atom. The van der Waals surface area contributed by atoms with E-state index in [-0.39, 0.29) is 24.4 Å². The van der Waals surface area contributed by atoms with Crippen LogP contribution in [0.4, 0.5) is 5.69 Å². The molecule has 234 valence electrons. The van der Waals surface area contributed by atoms with Crippen molar-refractivity contribution in [3.63, 3.8) is 0 Å². The van der Waals surface area contributed by atoms with Crippen LogP contribution < -0.4 is 20.3 Å². The molecule has 1 saturated heterocycles. The minimum absolute atomic E-state index is 0.0574. The van der Waals surface area contributed by atoms with E-state index in [1.165, 1.54) is 5.56 Å². The van der Waals surface area contributed by atoms with Crippen LogP contribution in [0.3, 0.4) is 0 Å². The number of halogens is 1. The highest BCUT2D eigenvalue weighted by atomic mass is 35.5. The van der Waals surface area contributed by atoms with Crippen LogP contribution in [0.2, 0.25) is 5.02 Å². The second kappa shape index (κ2) is 16.0. The van der Waals surface area contributed by atoms with Crippen molar-refractivity contribution in [2.24, 2.45) is 0 Å². The Balaban J connectivity index is 1.19. The molecule has 0 unspecified atom stereocenters. The first-order chi connectivity index (χ1) is 21.5. The molecule has 8 nitrogen and oxygen atoms in total. The zero-order valence-electron chi connectivity index (χ0n) is 25.5. The van der Waals surface area contributed by atoms with E-state index in [2.05, 4.69) is 23.6 Å². The monoisotopic (exact) mass is 618 g/mol. The molecule has 0 spiro atoms. The molecule has 2 aliphatic rings. The maximum atomic E-state index is 14.1. The summed E-state index contributed by atoms with van der Waals surface area (Å²) in [6.45, 7) is 6.64. The maximum Gasteiger partial charge on any atom is 0.247 e. The van der Waals surface area contributed by atoms with Crippen LogP contribution in [0.1, 0.15) is 42.9 Å². The summed E-state index contributed by atoms with van der Waals surface area (Å²) in [4.78, 5) is 30.9. The van der Waals surface area contributed by atoms with Crippen LogP contribution in [-0.4, -0.2) is 68.2 Å². The Hall–Kier alpha value is -3.43. The lowest BCUT2D eigenvalue weighted by Crippen LogP contribution is -2.61. The van der Waals surface area contributed by atoms with Crippen LogP contribution in [0.5, 0.6) is 5.75 Å². The van der Waals surface area contributed by atoms with Gasteiger partial charge in [0.1, 0.15) is 11.8 Å². The lowest BCUT2D eigenvalue weighted by molar-refractivity contribution is -0.136. The fourth-order valence-corrected chi connectivity index (χ4v) is 5.65. The first-order valence-electron chi connectivity index (χ1n) is 15.7. The molecule has 2 amide bonds. The van der Waals surface area contributed by atoms with Gasteiger partial charge in [-0.1, -0.05) is 61.0 Å². The molecule has 3 aromatic carbocycles. The van der Waals surface area contributed by atoms with Gasteiger partial charge in [0.2, 0.25) is 11.8 Å². The van der Waals surface area contributed by atoms with Gasteiger partial charge >= 0.3 is 0 Å². The molecule has 5 rings (SSSR count). The third-order valence-corrected chi connectivity index (χ3v) is 8.34. The maximum absolute atomic E-state index is 14.1. The molecule has 1 aliphatic heterocycles. The van der Waals surface area contributed by atoms with Gasteiger partial charge in [-0.25, -0.2) is 0 Å². The SMILES string of the molecule is CCNCCc1ccc(Cl)c(CN(C(=O)[C@H]2CNCC(=O)N2c2ccc(OCCCOCc3ccccc3)cc2)C2CC2)c1. The van der Waals surface area contributed by atoms with Gasteiger partial charge in [0.25, 0.3) is 0 Å². The van der Waals surface area contributed by atoms with Gasteiger partial charge in [0.05, 0.1) is 26.4 Å². The van der Waals surface area contributed by atoms with Gasteiger partial charge in [0.15, 0.2) is 0 Å². The van der Waals surface area contributed by atoms with E-state index in [9.17, 15) is 9.59 Å². The second-order valence-electron chi connectivity index (χ2n) is 11.4. The fourth-order valence-electron chi connectivity index (χ4n) is 5.47. The van der Waals surface area contributed by atoms with E-state index >= 15 is 0 Å². The number of hydrogen-bond donors (Lipinski definition) is 2. The van der Waals surface area contributed by atoms with Crippen molar-refractivity contribution >= 4 is 29.1 Å². The fraction of sp³-hybridized carbons (Fsp3) is 0.429. The van der Waals surface area contributed by atoms with Crippen molar-refractivity contribution in [2.45, 2.75) is 57.8 Å². The Morgan fingerprint density at radius 2 is 1.84 bits per heavy atom. The van der Waals surface area contributed by atoms with Crippen LogP contribution >= 0.6 is 11.6 Å². The van der Waals surface area contributed by atoms with Crippen molar-refractivity contribution in [3.8, 4) is 5.75 Å². The summed E-state index contributed by atoms with van der Waals surface area (Å²) < 4.78 is 11.6. The number of nitrogens with one attached hydrogen (secondary N) is 2. The van der Waals surface area contributed by atoms with E-state index in [4.69, 9.17) is 21.1 Å². The number of hydrogen-bond acceptors (Lipinski definition) is 6. The van der Waals surface area contributed by atoms with Crippen molar-refractivity contribution in [3.05, 3.63) is 94.5 Å². The molecule has 1 atom stereocenters. The molecule has 0 aromatic heterocycles. The van der Waals surface area contributed by atoms with Gasteiger partial charge in [-0.3, -0.25) is 14.5 Å². The lowest BCUT2D eigenvalue weighted by atomic mass is 10.1. The van der Waals surface area contributed by atoms with Gasteiger partial charge in [-0.15, -0.1) is 0 Å². The standard InChI is InChI=1S/C35H43ClN4O4/c1-2-37-18-17-26-9-16-32(36)28(21-26)24-39(29-10-11-29)35(42)33-22-38-23-34(41)40(33)30-12-14-31(15-13-30)44-20-6-19-43-25-27-7-4-3-5-8-27/h3-5,7-9,12-16,21,29,33,37-38H,2,6,10-11,17-20,22-25H2,1H3/t33-/m1/s1. The summed E-state index contributed by atoms with van der Waals surface area (Å²) in [6.07, 6.45) is 3.58. The average molecular weight is 619 g/mol. The van der Waals surface area contributed by atoms with Gasteiger partial charge in [0, 0.05) is 36.3 Å². The topological polar surface area (TPSA) is 83.1 Å². The molecule has 1 aliphatic carbocycles. The Bertz CT molecular complexity index is 1370. The third kappa shape index (κ3) is 8.82. The number of anilines is 1. The van der Waals surface area contributed by atoms with Gasteiger partial charge < -0.3 is 25.0 Å². The van der Waals surface area contributed by atoms with Crippen LogP contribution in [0, 0.1) is 0 Å². The zero-order valence-corrected chi connectivity index (χ0v) is 26.2. The number of piperazine rings is 1. The summed E-state index contributed by atoms with van der Waals surface area (Å²) in [6, 6.07) is 23.1. The lowest BCUT2D eigenvalue weighted by Gasteiger charge is -2.38. The zero-order chi connectivity index (χ0) is 30.7. The minimum atomic E-state index is -0.638. The quantitative estimate of drug-likeness (QED) is 0.221. The number of carbonyl (C=O) groups excluding carboxylic acids is 2. The number of amides is 2. The highest BCUT2D eigenvalue weighted by Gasteiger charge is 2.41. The molecule has 44 heavy (non-hydrogen) atoms. The van der Waals surface area contributed by atoms with Crippen LogP contribution in [-0.2, 0) is 33.9 Å².